The van der Waals surface area contributed by atoms with Crippen LogP contribution in [0, 0.1) is 11.7 Å². The van der Waals surface area contributed by atoms with Gasteiger partial charge in [0.1, 0.15) is 5.82 Å². The van der Waals surface area contributed by atoms with Crippen molar-refractivity contribution >= 4 is 21.4 Å². The molecule has 0 fully saturated rings. The van der Waals surface area contributed by atoms with E-state index in [4.69, 9.17) is 5.84 Å². The number of rotatable bonds is 5. The van der Waals surface area contributed by atoms with Gasteiger partial charge in [-0.05, 0) is 29.5 Å². The van der Waals surface area contributed by atoms with Gasteiger partial charge in [-0.2, -0.15) is 0 Å². The van der Waals surface area contributed by atoms with Gasteiger partial charge < -0.3 is 0 Å². The van der Waals surface area contributed by atoms with Crippen molar-refractivity contribution in [2.75, 3.05) is 0 Å². The molecular formula is C14H19FN2S. The second-order valence-electron chi connectivity index (χ2n) is 4.55. The second kappa shape index (κ2) is 5.78. The average Bonchev–Trinajstić information content (AvgIpc) is 2.78. The molecule has 0 saturated carbocycles. The van der Waals surface area contributed by atoms with E-state index in [9.17, 15) is 4.39 Å². The first-order valence-corrected chi connectivity index (χ1v) is 7.16. The molecule has 18 heavy (non-hydrogen) atoms. The van der Waals surface area contributed by atoms with Gasteiger partial charge in [0.05, 0.1) is 6.04 Å². The Labute approximate surface area is 111 Å². The lowest BCUT2D eigenvalue weighted by Gasteiger charge is -2.23. The summed E-state index contributed by atoms with van der Waals surface area (Å²) in [5.41, 5.74) is 2.91. The lowest BCUT2D eigenvalue weighted by atomic mass is 9.93. The number of hydrogen-bond acceptors (Lipinski definition) is 3. The summed E-state index contributed by atoms with van der Waals surface area (Å²) in [6.45, 7) is 4.34. The first-order chi connectivity index (χ1) is 8.69. The van der Waals surface area contributed by atoms with E-state index in [2.05, 4.69) is 25.3 Å². The molecule has 3 N–H and O–H groups in total. The molecule has 98 valence electrons. The van der Waals surface area contributed by atoms with Crippen LogP contribution in [0.15, 0.2) is 24.3 Å². The van der Waals surface area contributed by atoms with Gasteiger partial charge in [-0.3, -0.25) is 11.3 Å². The highest BCUT2D eigenvalue weighted by Crippen LogP contribution is 2.35. The van der Waals surface area contributed by atoms with Crippen molar-refractivity contribution in [2.24, 2.45) is 11.8 Å². The Bertz CT molecular complexity index is 519. The molecule has 0 spiro atoms. The van der Waals surface area contributed by atoms with Crippen molar-refractivity contribution < 1.29 is 4.39 Å². The lowest BCUT2D eigenvalue weighted by molar-refractivity contribution is 0.350. The fourth-order valence-electron chi connectivity index (χ4n) is 2.39. The normalized spacial score (nSPS) is 13.4. The van der Waals surface area contributed by atoms with Crippen LogP contribution in [0.25, 0.3) is 10.1 Å². The van der Waals surface area contributed by atoms with Crippen LogP contribution in [-0.4, -0.2) is 0 Å². The zero-order valence-corrected chi connectivity index (χ0v) is 11.6. The van der Waals surface area contributed by atoms with Crippen LogP contribution in [0.4, 0.5) is 4.39 Å². The van der Waals surface area contributed by atoms with Gasteiger partial charge in [-0.25, -0.2) is 4.39 Å². The molecule has 0 amide bonds. The number of nitrogens with two attached hydrogens (primary N) is 1. The Morgan fingerprint density at radius 1 is 1.28 bits per heavy atom. The number of halogens is 1. The number of fused-ring (bicyclic) bond motifs is 1. The minimum Gasteiger partial charge on any atom is -0.271 e. The van der Waals surface area contributed by atoms with Crippen LogP contribution < -0.4 is 11.3 Å². The predicted octanol–water partition coefficient (Wildman–Crippen LogP) is 3.98. The minimum absolute atomic E-state index is 0.153. The minimum atomic E-state index is -0.185. The quantitative estimate of drug-likeness (QED) is 0.634. The smallest absolute Gasteiger partial charge is 0.124 e. The average molecular weight is 266 g/mol. The summed E-state index contributed by atoms with van der Waals surface area (Å²) in [7, 11) is 0. The highest BCUT2D eigenvalue weighted by molar-refractivity contribution is 7.19. The van der Waals surface area contributed by atoms with Gasteiger partial charge in [-0.1, -0.05) is 32.8 Å². The van der Waals surface area contributed by atoms with E-state index < -0.39 is 0 Å². The molecule has 0 bridgehead atoms. The van der Waals surface area contributed by atoms with Crippen molar-refractivity contribution in [3.63, 3.8) is 0 Å². The monoisotopic (exact) mass is 266 g/mol. The van der Waals surface area contributed by atoms with Crippen molar-refractivity contribution in [2.45, 2.75) is 32.7 Å². The summed E-state index contributed by atoms with van der Waals surface area (Å²) in [6, 6.07) is 7.18. The Morgan fingerprint density at radius 3 is 2.61 bits per heavy atom. The molecule has 2 rings (SSSR count). The van der Waals surface area contributed by atoms with Gasteiger partial charge in [0, 0.05) is 9.58 Å². The maximum Gasteiger partial charge on any atom is 0.124 e. The maximum absolute atomic E-state index is 13.2. The topological polar surface area (TPSA) is 38.0 Å². The summed E-state index contributed by atoms with van der Waals surface area (Å²) >= 11 is 1.62. The molecule has 1 aromatic carbocycles. The van der Waals surface area contributed by atoms with E-state index >= 15 is 0 Å². The number of thiophene rings is 1. The molecule has 0 saturated heterocycles. The molecule has 1 atom stereocenters. The number of benzene rings is 1. The van der Waals surface area contributed by atoms with E-state index in [1.165, 1.54) is 10.9 Å². The molecule has 0 radical (unpaired) electrons. The Balaban J connectivity index is 2.39. The van der Waals surface area contributed by atoms with Gasteiger partial charge in [-0.15, -0.1) is 11.3 Å². The fourth-order valence-corrected chi connectivity index (χ4v) is 3.63. The highest BCUT2D eigenvalue weighted by atomic mass is 32.1. The molecule has 1 aromatic heterocycles. The molecule has 1 heterocycles. The van der Waals surface area contributed by atoms with Gasteiger partial charge >= 0.3 is 0 Å². The third kappa shape index (κ3) is 2.55. The Morgan fingerprint density at radius 2 is 2.00 bits per heavy atom. The van der Waals surface area contributed by atoms with E-state index in [0.717, 1.165) is 22.9 Å². The lowest BCUT2D eigenvalue weighted by Crippen LogP contribution is -2.32. The second-order valence-corrected chi connectivity index (χ2v) is 5.67. The van der Waals surface area contributed by atoms with Gasteiger partial charge in [0.2, 0.25) is 0 Å². The van der Waals surface area contributed by atoms with Crippen LogP contribution >= 0.6 is 11.3 Å². The zero-order chi connectivity index (χ0) is 13.1. The highest BCUT2D eigenvalue weighted by Gasteiger charge is 2.21. The number of nitrogens with one attached hydrogen (secondary N) is 1. The molecule has 0 aliphatic carbocycles. The first-order valence-electron chi connectivity index (χ1n) is 6.34. The van der Waals surface area contributed by atoms with Crippen LogP contribution in [0.2, 0.25) is 0 Å². The van der Waals surface area contributed by atoms with E-state index in [-0.39, 0.29) is 11.9 Å². The summed E-state index contributed by atoms with van der Waals surface area (Å²) < 4.78 is 14.2. The summed E-state index contributed by atoms with van der Waals surface area (Å²) in [5.74, 6) is 6.01. The van der Waals surface area contributed by atoms with E-state index in [0.29, 0.717) is 5.92 Å². The van der Waals surface area contributed by atoms with Crippen LogP contribution in [-0.2, 0) is 0 Å². The summed E-state index contributed by atoms with van der Waals surface area (Å²) in [4.78, 5) is 1.19. The molecular weight excluding hydrogens is 247 g/mol. The van der Waals surface area contributed by atoms with Crippen LogP contribution in [0.1, 0.15) is 37.6 Å². The third-order valence-electron chi connectivity index (χ3n) is 3.51. The molecule has 0 aliphatic rings. The van der Waals surface area contributed by atoms with Crippen molar-refractivity contribution in [3.05, 3.63) is 35.0 Å². The first kappa shape index (κ1) is 13.5. The standard InChI is InChI=1S/C14H19FN2S/c1-3-9(4-2)14(17-16)13-7-10-5-6-11(15)8-12(10)18-13/h5-9,14,17H,3-4,16H2,1-2H3. The summed E-state index contributed by atoms with van der Waals surface area (Å²) in [5, 5.41) is 1.09. The van der Waals surface area contributed by atoms with Crippen LogP contribution in [0.5, 0.6) is 0 Å². The molecule has 1 unspecified atom stereocenters. The molecule has 4 heteroatoms. The molecule has 0 aliphatic heterocycles. The Kier molecular flexibility index (Phi) is 4.32. The third-order valence-corrected chi connectivity index (χ3v) is 4.69. The molecule has 2 nitrogen and oxygen atoms in total. The molecule has 2 aromatic rings. The van der Waals surface area contributed by atoms with Crippen LogP contribution in [0.3, 0.4) is 0 Å². The SMILES string of the molecule is CCC(CC)C(NN)c1cc2ccc(F)cc2s1. The van der Waals surface area contributed by atoms with Gasteiger partial charge in [0.15, 0.2) is 0 Å². The van der Waals surface area contributed by atoms with Gasteiger partial charge in [0.25, 0.3) is 0 Å². The zero-order valence-electron chi connectivity index (χ0n) is 10.7. The predicted molar refractivity (Wildman–Crippen MR) is 75.9 cm³/mol. The largest absolute Gasteiger partial charge is 0.271 e. The summed E-state index contributed by atoms with van der Waals surface area (Å²) in [6.07, 6.45) is 2.15. The van der Waals surface area contributed by atoms with Crippen molar-refractivity contribution in [1.82, 2.24) is 5.43 Å². The number of hydrazine groups is 1. The van der Waals surface area contributed by atoms with Crippen molar-refractivity contribution in [3.8, 4) is 0 Å². The maximum atomic E-state index is 13.2. The van der Waals surface area contributed by atoms with Crippen molar-refractivity contribution in [1.29, 1.82) is 0 Å². The Hall–Kier alpha value is -0.970. The number of hydrogen-bond donors (Lipinski definition) is 2. The van der Waals surface area contributed by atoms with E-state index in [1.807, 2.05) is 6.07 Å². The fraction of sp³-hybridized carbons (Fsp3) is 0.429. The van der Waals surface area contributed by atoms with E-state index in [1.54, 1.807) is 17.4 Å².